The molecule has 0 bridgehead atoms. The van der Waals surface area contributed by atoms with Crippen LogP contribution >= 0.6 is 0 Å². The van der Waals surface area contributed by atoms with E-state index < -0.39 is 10.9 Å². The van der Waals surface area contributed by atoms with Crippen LogP contribution in [-0.4, -0.2) is 26.0 Å². The molecule has 0 saturated carbocycles. The Hall–Kier alpha value is -3.03. The zero-order valence-electron chi connectivity index (χ0n) is 11.1. The van der Waals surface area contributed by atoms with E-state index in [1.54, 1.807) is 19.2 Å². The zero-order valence-corrected chi connectivity index (χ0v) is 11.1. The Morgan fingerprint density at radius 2 is 2.19 bits per heavy atom. The molecular formula is C13H12N4O4. The van der Waals surface area contributed by atoms with E-state index in [4.69, 9.17) is 5.11 Å². The first kappa shape index (κ1) is 14.4. The number of nitro groups is 1. The maximum atomic E-state index is 11.2. The molecule has 1 heterocycles. The molecule has 0 atom stereocenters. The molecule has 8 nitrogen and oxygen atoms in total. The number of nitrogens with zero attached hydrogens (tertiary/aromatic N) is 3. The largest absolute Gasteiger partial charge is 0.478 e. The predicted molar refractivity (Wildman–Crippen MR) is 74.2 cm³/mol. The third-order valence-electron chi connectivity index (χ3n) is 2.75. The lowest BCUT2D eigenvalue weighted by atomic mass is 10.1. The smallest absolute Gasteiger partial charge is 0.338 e. The number of carboxylic acid groups (broad SMARTS) is 1. The van der Waals surface area contributed by atoms with Gasteiger partial charge >= 0.3 is 5.97 Å². The van der Waals surface area contributed by atoms with Crippen molar-refractivity contribution in [3.8, 4) is 0 Å². The lowest BCUT2D eigenvalue weighted by molar-refractivity contribution is -0.384. The van der Waals surface area contributed by atoms with Gasteiger partial charge in [-0.2, -0.15) is 0 Å². The number of hydrogen-bond acceptors (Lipinski definition) is 6. The van der Waals surface area contributed by atoms with E-state index in [0.29, 0.717) is 11.5 Å². The molecule has 108 valence electrons. The minimum atomic E-state index is -1.24. The standard InChI is InChI=1S/C13H12N4O4/c1-8-14-6-5-9(16-8)7-15-12-10(13(18)19)3-2-4-11(12)17(20)21/h2-6,15H,7H2,1H3,(H,18,19). The van der Waals surface area contributed by atoms with Crippen molar-refractivity contribution in [2.24, 2.45) is 0 Å². The van der Waals surface area contributed by atoms with Crippen molar-refractivity contribution < 1.29 is 14.8 Å². The number of hydrogen-bond donors (Lipinski definition) is 2. The molecule has 2 aromatic rings. The van der Waals surface area contributed by atoms with Gasteiger partial charge in [-0.25, -0.2) is 14.8 Å². The number of aromatic carboxylic acids is 1. The molecule has 0 fully saturated rings. The first-order chi connectivity index (χ1) is 9.99. The van der Waals surface area contributed by atoms with Gasteiger partial charge in [0.1, 0.15) is 11.5 Å². The van der Waals surface area contributed by atoms with Crippen molar-refractivity contribution in [1.82, 2.24) is 9.97 Å². The fraction of sp³-hybridized carbons (Fsp3) is 0.154. The molecule has 1 aromatic carbocycles. The summed E-state index contributed by atoms with van der Waals surface area (Å²) in [6.45, 7) is 1.88. The first-order valence-corrected chi connectivity index (χ1v) is 6.02. The molecule has 21 heavy (non-hydrogen) atoms. The number of nitro benzene ring substituents is 1. The quantitative estimate of drug-likeness (QED) is 0.638. The number of aromatic nitrogens is 2. The van der Waals surface area contributed by atoms with Crippen LogP contribution in [0.25, 0.3) is 0 Å². The zero-order chi connectivity index (χ0) is 15.4. The Morgan fingerprint density at radius 3 is 2.81 bits per heavy atom. The third-order valence-corrected chi connectivity index (χ3v) is 2.75. The Bertz CT molecular complexity index is 670. The summed E-state index contributed by atoms with van der Waals surface area (Å²) in [5.41, 5.74) is 0.124. The molecule has 2 N–H and O–H groups in total. The summed E-state index contributed by atoms with van der Waals surface area (Å²) in [6, 6.07) is 5.54. The van der Waals surface area contributed by atoms with Gasteiger partial charge in [0.15, 0.2) is 0 Å². The van der Waals surface area contributed by atoms with E-state index in [0.717, 1.165) is 0 Å². The molecule has 0 radical (unpaired) electrons. The van der Waals surface area contributed by atoms with Crippen LogP contribution in [0.1, 0.15) is 21.9 Å². The molecule has 0 amide bonds. The number of para-hydroxylation sites is 1. The van der Waals surface area contributed by atoms with Crippen molar-refractivity contribution in [2.45, 2.75) is 13.5 Å². The molecule has 8 heteroatoms. The number of benzene rings is 1. The highest BCUT2D eigenvalue weighted by Gasteiger charge is 2.21. The van der Waals surface area contributed by atoms with Gasteiger partial charge in [-0.1, -0.05) is 6.07 Å². The molecule has 2 rings (SSSR count). The molecule has 0 unspecified atom stereocenters. The van der Waals surface area contributed by atoms with Gasteiger partial charge in [-0.3, -0.25) is 10.1 Å². The summed E-state index contributed by atoms with van der Waals surface area (Å²) in [5, 5.41) is 22.9. The second kappa shape index (κ2) is 5.95. The Kier molecular flexibility index (Phi) is 4.07. The maximum absolute atomic E-state index is 11.2. The van der Waals surface area contributed by atoms with Crippen molar-refractivity contribution in [3.05, 3.63) is 57.7 Å². The van der Waals surface area contributed by atoms with E-state index >= 15 is 0 Å². The summed E-state index contributed by atoms with van der Waals surface area (Å²) < 4.78 is 0. The number of anilines is 1. The Labute approximate surface area is 119 Å². The van der Waals surface area contributed by atoms with E-state index in [2.05, 4.69) is 15.3 Å². The average Bonchev–Trinajstić information content (AvgIpc) is 2.44. The number of carboxylic acids is 1. The summed E-state index contributed by atoms with van der Waals surface area (Å²) in [4.78, 5) is 29.6. The normalized spacial score (nSPS) is 10.1. The number of aryl methyl sites for hydroxylation is 1. The highest BCUT2D eigenvalue weighted by Crippen LogP contribution is 2.28. The van der Waals surface area contributed by atoms with Crippen LogP contribution < -0.4 is 5.32 Å². The van der Waals surface area contributed by atoms with Gasteiger partial charge in [0.05, 0.1) is 22.7 Å². The topological polar surface area (TPSA) is 118 Å². The van der Waals surface area contributed by atoms with Crippen LogP contribution in [0.15, 0.2) is 30.5 Å². The first-order valence-electron chi connectivity index (χ1n) is 6.02. The van der Waals surface area contributed by atoms with Crippen LogP contribution in [-0.2, 0) is 6.54 Å². The van der Waals surface area contributed by atoms with E-state index in [9.17, 15) is 14.9 Å². The van der Waals surface area contributed by atoms with E-state index in [1.165, 1.54) is 18.2 Å². The summed E-state index contributed by atoms with van der Waals surface area (Å²) >= 11 is 0. The molecule has 0 saturated heterocycles. The number of nitrogens with one attached hydrogen (secondary N) is 1. The molecular weight excluding hydrogens is 276 g/mol. The molecule has 0 aliphatic heterocycles. The van der Waals surface area contributed by atoms with Crippen LogP contribution in [0.3, 0.4) is 0 Å². The second-order valence-electron chi connectivity index (χ2n) is 4.21. The molecule has 0 spiro atoms. The minimum absolute atomic E-state index is 0.0359. The SMILES string of the molecule is Cc1nccc(CNc2c(C(=O)O)cccc2[N+](=O)[O-])n1. The minimum Gasteiger partial charge on any atom is -0.478 e. The fourth-order valence-electron chi connectivity index (χ4n) is 1.84. The van der Waals surface area contributed by atoms with Crippen molar-refractivity contribution in [3.63, 3.8) is 0 Å². The predicted octanol–water partition coefficient (Wildman–Crippen LogP) is 2.00. The lowest BCUT2D eigenvalue weighted by Gasteiger charge is -2.09. The van der Waals surface area contributed by atoms with Crippen molar-refractivity contribution in [2.75, 3.05) is 5.32 Å². The second-order valence-corrected chi connectivity index (χ2v) is 4.21. The van der Waals surface area contributed by atoms with Crippen LogP contribution in [0.2, 0.25) is 0 Å². The Balaban J connectivity index is 2.33. The highest BCUT2D eigenvalue weighted by molar-refractivity contribution is 5.96. The van der Waals surface area contributed by atoms with E-state index in [-0.39, 0.29) is 23.5 Å². The molecule has 0 aliphatic carbocycles. The Morgan fingerprint density at radius 1 is 1.43 bits per heavy atom. The molecule has 1 aromatic heterocycles. The van der Waals surface area contributed by atoms with Gasteiger partial charge in [-0.15, -0.1) is 0 Å². The van der Waals surface area contributed by atoms with Gasteiger partial charge < -0.3 is 10.4 Å². The van der Waals surface area contributed by atoms with Crippen molar-refractivity contribution >= 4 is 17.3 Å². The summed E-state index contributed by atoms with van der Waals surface area (Å²) in [7, 11) is 0. The summed E-state index contributed by atoms with van der Waals surface area (Å²) in [5.74, 6) is -0.671. The number of carbonyl (C=O) groups is 1. The van der Waals surface area contributed by atoms with Gasteiger partial charge in [0.25, 0.3) is 5.69 Å². The fourth-order valence-corrected chi connectivity index (χ4v) is 1.84. The van der Waals surface area contributed by atoms with Crippen molar-refractivity contribution in [1.29, 1.82) is 0 Å². The monoisotopic (exact) mass is 288 g/mol. The van der Waals surface area contributed by atoms with Gasteiger partial charge in [-0.05, 0) is 19.1 Å². The van der Waals surface area contributed by atoms with Gasteiger partial charge in [0, 0.05) is 12.3 Å². The van der Waals surface area contributed by atoms with Crippen LogP contribution in [0, 0.1) is 17.0 Å². The average molecular weight is 288 g/mol. The van der Waals surface area contributed by atoms with E-state index in [1.807, 2.05) is 0 Å². The van der Waals surface area contributed by atoms with Crippen LogP contribution in [0.5, 0.6) is 0 Å². The van der Waals surface area contributed by atoms with Gasteiger partial charge in [0.2, 0.25) is 0 Å². The highest BCUT2D eigenvalue weighted by atomic mass is 16.6. The molecule has 0 aliphatic rings. The lowest BCUT2D eigenvalue weighted by Crippen LogP contribution is -2.10. The van der Waals surface area contributed by atoms with Crippen LogP contribution in [0.4, 0.5) is 11.4 Å². The third kappa shape index (κ3) is 3.30. The summed E-state index contributed by atoms with van der Waals surface area (Å²) in [6.07, 6.45) is 1.57. The number of rotatable bonds is 5. The maximum Gasteiger partial charge on any atom is 0.338 e.